The molecule has 0 unspecified atom stereocenters. The van der Waals surface area contributed by atoms with Crippen molar-refractivity contribution in [2.24, 2.45) is 0 Å². The van der Waals surface area contributed by atoms with E-state index in [9.17, 15) is 19.5 Å². The molecule has 4 heterocycles. The maximum Gasteiger partial charge on any atom is 0.296 e. The fourth-order valence-corrected chi connectivity index (χ4v) is 5.93. The number of para-hydroxylation sites is 1. The summed E-state index contributed by atoms with van der Waals surface area (Å²) in [6.07, 6.45) is 1.97. The number of ketones is 1. The van der Waals surface area contributed by atoms with Crippen LogP contribution in [0, 0.1) is 0 Å². The standard InChI is InChI=1S/C27H26N2O6/c1-15-12-17-13-16(9-10-21(17)35-15)23(30)22-24(31)25(32)29(14-18-6-5-11-34-18)27(22)19-7-3-4-8-20(19)28(2)26(27)33/h3-4,7-10,13,15,18,30H,5-6,11-12,14H2,1-2H3/t15-,18-,27-/m1/s1. The second-order valence-electron chi connectivity index (χ2n) is 9.65. The van der Waals surface area contributed by atoms with Gasteiger partial charge in [0.1, 0.15) is 17.6 Å². The van der Waals surface area contributed by atoms with Gasteiger partial charge in [-0.3, -0.25) is 14.4 Å². The predicted molar refractivity (Wildman–Crippen MR) is 127 cm³/mol. The van der Waals surface area contributed by atoms with Crippen molar-refractivity contribution in [2.75, 3.05) is 25.1 Å². The van der Waals surface area contributed by atoms with Crippen molar-refractivity contribution in [2.45, 2.75) is 43.9 Å². The molecule has 2 amide bonds. The Morgan fingerprint density at radius 2 is 1.97 bits per heavy atom. The molecule has 180 valence electrons. The number of fused-ring (bicyclic) bond motifs is 3. The number of aliphatic hydroxyl groups excluding tert-OH is 1. The summed E-state index contributed by atoms with van der Waals surface area (Å²) < 4.78 is 11.5. The molecule has 1 spiro atoms. The van der Waals surface area contributed by atoms with Crippen LogP contribution in [0.25, 0.3) is 5.76 Å². The number of nitrogens with zero attached hydrogens (tertiary/aromatic N) is 2. The van der Waals surface area contributed by atoms with E-state index in [1.165, 1.54) is 9.80 Å². The maximum atomic E-state index is 14.0. The molecule has 4 aliphatic heterocycles. The summed E-state index contributed by atoms with van der Waals surface area (Å²) in [4.78, 5) is 43.8. The molecule has 0 aliphatic carbocycles. The Bertz CT molecular complexity index is 1310. The summed E-state index contributed by atoms with van der Waals surface area (Å²) in [6.45, 7) is 2.62. The van der Waals surface area contributed by atoms with Gasteiger partial charge in [-0.05, 0) is 49.6 Å². The Hall–Kier alpha value is -3.65. The average Bonchev–Trinajstić information content (AvgIpc) is 3.59. The van der Waals surface area contributed by atoms with Crippen LogP contribution >= 0.6 is 0 Å². The van der Waals surface area contributed by atoms with Crippen LogP contribution in [0.4, 0.5) is 5.69 Å². The summed E-state index contributed by atoms with van der Waals surface area (Å²) in [7, 11) is 1.62. The number of amides is 2. The summed E-state index contributed by atoms with van der Waals surface area (Å²) in [6, 6.07) is 12.3. The molecule has 2 aromatic rings. The Morgan fingerprint density at radius 3 is 2.74 bits per heavy atom. The molecule has 6 rings (SSSR count). The predicted octanol–water partition coefficient (Wildman–Crippen LogP) is 2.74. The SMILES string of the molecule is C[C@@H]1Cc2cc(C(O)=C3C(=O)C(=O)N(C[C@H]4CCCO4)[C@@]34C(=O)N(C)c3ccccc34)ccc2O1. The first-order chi connectivity index (χ1) is 16.8. The van der Waals surface area contributed by atoms with Gasteiger partial charge in [-0.15, -0.1) is 0 Å². The second kappa shape index (κ2) is 7.68. The van der Waals surface area contributed by atoms with Gasteiger partial charge < -0.3 is 24.4 Å². The van der Waals surface area contributed by atoms with Crippen LogP contribution in [0.5, 0.6) is 5.75 Å². The van der Waals surface area contributed by atoms with Crippen molar-refractivity contribution < 1.29 is 29.0 Å². The highest BCUT2D eigenvalue weighted by Gasteiger charge is 2.67. The fourth-order valence-electron chi connectivity index (χ4n) is 5.93. The molecule has 0 radical (unpaired) electrons. The van der Waals surface area contributed by atoms with Crippen LogP contribution in [0.3, 0.4) is 0 Å². The molecule has 2 aromatic carbocycles. The lowest BCUT2D eigenvalue weighted by molar-refractivity contribution is -0.145. The van der Waals surface area contributed by atoms with Crippen LogP contribution < -0.4 is 9.64 Å². The quantitative estimate of drug-likeness (QED) is 0.418. The number of aliphatic hydroxyl groups is 1. The minimum Gasteiger partial charge on any atom is -0.507 e. The first-order valence-electron chi connectivity index (χ1n) is 11.9. The Morgan fingerprint density at radius 1 is 1.17 bits per heavy atom. The van der Waals surface area contributed by atoms with Crippen LogP contribution in [-0.4, -0.2) is 60.0 Å². The third kappa shape index (κ3) is 2.92. The van der Waals surface area contributed by atoms with Crippen molar-refractivity contribution in [1.82, 2.24) is 4.90 Å². The molecular formula is C27H26N2O6. The number of anilines is 1. The Kier molecular flexibility index (Phi) is 4.79. The zero-order valence-electron chi connectivity index (χ0n) is 19.6. The van der Waals surface area contributed by atoms with Gasteiger partial charge in [0.15, 0.2) is 5.54 Å². The van der Waals surface area contributed by atoms with Crippen molar-refractivity contribution in [3.63, 3.8) is 0 Å². The fraction of sp³-hybridized carbons (Fsp3) is 0.370. The summed E-state index contributed by atoms with van der Waals surface area (Å²) in [5.74, 6) is -1.76. The van der Waals surface area contributed by atoms with Crippen LogP contribution in [-0.2, 0) is 31.1 Å². The second-order valence-corrected chi connectivity index (χ2v) is 9.65. The van der Waals surface area contributed by atoms with Crippen LogP contribution in [0.15, 0.2) is 48.0 Å². The van der Waals surface area contributed by atoms with Gasteiger partial charge in [-0.25, -0.2) is 0 Å². The largest absolute Gasteiger partial charge is 0.507 e. The van der Waals surface area contributed by atoms with E-state index < -0.39 is 23.1 Å². The lowest BCUT2D eigenvalue weighted by Gasteiger charge is -2.35. The van der Waals surface area contributed by atoms with E-state index in [1.54, 1.807) is 49.5 Å². The lowest BCUT2D eigenvalue weighted by Crippen LogP contribution is -2.53. The Balaban J connectivity index is 1.59. The first-order valence-corrected chi connectivity index (χ1v) is 11.9. The van der Waals surface area contributed by atoms with Gasteiger partial charge >= 0.3 is 0 Å². The lowest BCUT2D eigenvalue weighted by atomic mass is 9.81. The minimum absolute atomic E-state index is 0.00918. The summed E-state index contributed by atoms with van der Waals surface area (Å²) in [5.41, 5.74) is 0.422. The smallest absolute Gasteiger partial charge is 0.296 e. The molecule has 4 aliphatic rings. The summed E-state index contributed by atoms with van der Waals surface area (Å²) in [5, 5.41) is 11.6. The van der Waals surface area contributed by atoms with E-state index in [1.807, 2.05) is 6.92 Å². The number of hydrogen-bond acceptors (Lipinski definition) is 6. The monoisotopic (exact) mass is 474 g/mol. The molecule has 0 aromatic heterocycles. The number of benzene rings is 2. The normalized spacial score (nSPS) is 28.7. The number of likely N-dealkylation sites (tertiary alicyclic amines) is 1. The van der Waals surface area contributed by atoms with E-state index in [2.05, 4.69) is 0 Å². The van der Waals surface area contributed by atoms with E-state index >= 15 is 0 Å². The van der Waals surface area contributed by atoms with E-state index in [4.69, 9.17) is 9.47 Å². The first kappa shape index (κ1) is 21.9. The number of ether oxygens (including phenoxy) is 2. The van der Waals surface area contributed by atoms with E-state index in [-0.39, 0.29) is 30.1 Å². The zero-order valence-corrected chi connectivity index (χ0v) is 19.6. The summed E-state index contributed by atoms with van der Waals surface area (Å²) >= 11 is 0. The molecule has 8 heteroatoms. The van der Waals surface area contributed by atoms with Gasteiger partial charge in [0.25, 0.3) is 17.6 Å². The van der Waals surface area contributed by atoms with Gasteiger partial charge in [-0.1, -0.05) is 18.2 Å². The number of likely N-dealkylation sites (N-methyl/N-ethyl adjacent to an activating group) is 1. The highest BCUT2D eigenvalue weighted by atomic mass is 16.5. The molecular weight excluding hydrogens is 448 g/mol. The van der Waals surface area contributed by atoms with Crippen LogP contribution in [0.1, 0.15) is 36.5 Å². The van der Waals surface area contributed by atoms with E-state index in [0.717, 1.165) is 24.2 Å². The van der Waals surface area contributed by atoms with Crippen molar-refractivity contribution in [3.05, 3.63) is 64.7 Å². The maximum absolute atomic E-state index is 14.0. The third-order valence-corrected chi connectivity index (χ3v) is 7.52. The highest BCUT2D eigenvalue weighted by Crippen LogP contribution is 2.53. The van der Waals surface area contributed by atoms with Gasteiger partial charge in [0.2, 0.25) is 0 Å². The molecule has 0 saturated carbocycles. The topological polar surface area (TPSA) is 96.4 Å². The minimum atomic E-state index is -1.75. The molecule has 0 bridgehead atoms. The number of hydrogen-bond donors (Lipinski definition) is 1. The highest BCUT2D eigenvalue weighted by molar-refractivity contribution is 6.50. The molecule has 35 heavy (non-hydrogen) atoms. The molecule has 3 atom stereocenters. The molecule has 2 saturated heterocycles. The molecule has 1 N–H and O–H groups in total. The zero-order chi connectivity index (χ0) is 24.5. The third-order valence-electron chi connectivity index (χ3n) is 7.52. The van der Waals surface area contributed by atoms with Crippen molar-refractivity contribution in [3.8, 4) is 5.75 Å². The number of carbonyl (C=O) groups is 3. The number of Topliss-reactive ketones (excluding diaryl/α,β-unsaturated/α-hetero) is 1. The number of carbonyl (C=O) groups excluding carboxylic acids is 3. The Labute approximate surface area is 202 Å². The average molecular weight is 475 g/mol. The van der Waals surface area contributed by atoms with Gasteiger partial charge in [0, 0.05) is 43.4 Å². The van der Waals surface area contributed by atoms with Crippen molar-refractivity contribution >= 4 is 29.0 Å². The molecule has 8 nitrogen and oxygen atoms in total. The number of rotatable bonds is 3. The van der Waals surface area contributed by atoms with Crippen molar-refractivity contribution in [1.29, 1.82) is 0 Å². The van der Waals surface area contributed by atoms with Crippen LogP contribution in [0.2, 0.25) is 0 Å². The van der Waals surface area contributed by atoms with Gasteiger partial charge in [0.05, 0.1) is 11.7 Å². The van der Waals surface area contributed by atoms with Gasteiger partial charge in [-0.2, -0.15) is 0 Å². The van der Waals surface area contributed by atoms with E-state index in [0.29, 0.717) is 29.8 Å². The molecule has 2 fully saturated rings.